The molecule has 0 aromatic heterocycles. The molecular formula is C19H14Br2S. The van der Waals surface area contributed by atoms with Crippen molar-refractivity contribution in [3.63, 3.8) is 0 Å². The molecule has 0 saturated heterocycles. The highest BCUT2D eigenvalue weighted by molar-refractivity contribution is 9.11. The summed E-state index contributed by atoms with van der Waals surface area (Å²) in [4.78, 5) is 1.28. The topological polar surface area (TPSA) is 0 Å². The minimum absolute atomic E-state index is 0.946. The highest BCUT2D eigenvalue weighted by Gasteiger charge is 2.10. The molecule has 0 aliphatic rings. The standard InChI is InChI=1S/C19H14Br2S/c1-2-13-7-9-14(10-8-13)12-22-19-16-6-4-3-5-15(16)17(20)11-18(19)21/h2-11H,1,12H2. The van der Waals surface area contributed by atoms with Crippen LogP contribution in [0.3, 0.4) is 0 Å². The van der Waals surface area contributed by atoms with Crippen LogP contribution in [0, 0.1) is 0 Å². The molecule has 110 valence electrons. The highest BCUT2D eigenvalue weighted by Crippen LogP contribution is 2.39. The van der Waals surface area contributed by atoms with E-state index in [0.717, 1.165) is 20.3 Å². The smallest absolute Gasteiger partial charge is 0.0329 e. The van der Waals surface area contributed by atoms with E-state index in [-0.39, 0.29) is 0 Å². The van der Waals surface area contributed by atoms with Gasteiger partial charge < -0.3 is 0 Å². The first kappa shape index (κ1) is 15.9. The van der Waals surface area contributed by atoms with Crippen LogP contribution in [0.4, 0.5) is 0 Å². The van der Waals surface area contributed by atoms with Gasteiger partial charge in [0, 0.05) is 19.6 Å². The van der Waals surface area contributed by atoms with E-state index in [4.69, 9.17) is 0 Å². The van der Waals surface area contributed by atoms with Gasteiger partial charge in [0.15, 0.2) is 0 Å². The normalized spacial score (nSPS) is 10.8. The van der Waals surface area contributed by atoms with Crippen LogP contribution in [0.15, 0.2) is 75.0 Å². The van der Waals surface area contributed by atoms with E-state index in [9.17, 15) is 0 Å². The molecule has 22 heavy (non-hydrogen) atoms. The fraction of sp³-hybridized carbons (Fsp3) is 0.0526. The third kappa shape index (κ3) is 3.32. The lowest BCUT2D eigenvalue weighted by molar-refractivity contribution is 1.38. The SMILES string of the molecule is C=Cc1ccc(CSc2c(Br)cc(Br)c3ccccc23)cc1. The molecule has 0 radical (unpaired) electrons. The summed E-state index contributed by atoms with van der Waals surface area (Å²) >= 11 is 9.20. The summed E-state index contributed by atoms with van der Waals surface area (Å²) in [7, 11) is 0. The Hall–Kier alpha value is -1.03. The highest BCUT2D eigenvalue weighted by atomic mass is 79.9. The van der Waals surface area contributed by atoms with E-state index < -0.39 is 0 Å². The van der Waals surface area contributed by atoms with Crippen molar-refractivity contribution in [3.05, 3.63) is 81.2 Å². The van der Waals surface area contributed by atoms with Crippen molar-refractivity contribution in [1.29, 1.82) is 0 Å². The van der Waals surface area contributed by atoms with Crippen LogP contribution < -0.4 is 0 Å². The largest absolute Gasteiger partial charge is 0.120 e. The van der Waals surface area contributed by atoms with Gasteiger partial charge >= 0.3 is 0 Å². The fourth-order valence-corrected chi connectivity index (χ4v) is 5.03. The molecule has 0 aliphatic carbocycles. The van der Waals surface area contributed by atoms with Crippen molar-refractivity contribution in [2.24, 2.45) is 0 Å². The number of fused-ring (bicyclic) bond motifs is 1. The van der Waals surface area contributed by atoms with Crippen molar-refractivity contribution in [1.82, 2.24) is 0 Å². The zero-order valence-electron chi connectivity index (χ0n) is 11.9. The van der Waals surface area contributed by atoms with Gasteiger partial charge in [-0.05, 0) is 43.9 Å². The molecule has 0 N–H and O–H groups in total. The van der Waals surface area contributed by atoms with Gasteiger partial charge in [0.2, 0.25) is 0 Å². The Balaban J connectivity index is 1.91. The first-order valence-corrected chi connectivity index (χ1v) is 9.47. The van der Waals surface area contributed by atoms with E-state index in [0.29, 0.717) is 0 Å². The van der Waals surface area contributed by atoms with Crippen molar-refractivity contribution in [3.8, 4) is 0 Å². The Morgan fingerprint density at radius 1 is 0.909 bits per heavy atom. The molecule has 0 heterocycles. The van der Waals surface area contributed by atoms with Crippen molar-refractivity contribution >= 4 is 60.5 Å². The molecule has 0 spiro atoms. The lowest BCUT2D eigenvalue weighted by Gasteiger charge is -2.11. The van der Waals surface area contributed by atoms with Gasteiger partial charge in [-0.2, -0.15) is 0 Å². The lowest BCUT2D eigenvalue weighted by Crippen LogP contribution is -1.85. The molecule has 0 fully saturated rings. The molecular weight excluding hydrogens is 420 g/mol. The van der Waals surface area contributed by atoms with Gasteiger partial charge in [-0.3, -0.25) is 0 Å². The monoisotopic (exact) mass is 432 g/mol. The second kappa shape index (κ2) is 7.03. The first-order chi connectivity index (χ1) is 10.7. The van der Waals surface area contributed by atoms with Crippen molar-refractivity contribution in [2.45, 2.75) is 10.6 Å². The van der Waals surface area contributed by atoms with E-state index in [1.807, 2.05) is 17.8 Å². The summed E-state index contributed by atoms with van der Waals surface area (Å²) in [5, 5.41) is 2.52. The summed E-state index contributed by atoms with van der Waals surface area (Å²) in [6.45, 7) is 3.79. The average molecular weight is 434 g/mol. The second-order valence-electron chi connectivity index (χ2n) is 4.95. The molecule has 0 aliphatic heterocycles. The van der Waals surface area contributed by atoms with Crippen LogP contribution in [0.25, 0.3) is 16.8 Å². The molecule has 3 rings (SSSR count). The minimum Gasteiger partial charge on any atom is -0.120 e. The Kier molecular flexibility index (Phi) is 5.07. The molecule has 0 amide bonds. The number of thioether (sulfide) groups is 1. The fourth-order valence-electron chi connectivity index (χ4n) is 2.32. The van der Waals surface area contributed by atoms with Gasteiger partial charge in [0.25, 0.3) is 0 Å². The average Bonchev–Trinajstić information content (AvgIpc) is 2.55. The van der Waals surface area contributed by atoms with E-state index in [2.05, 4.69) is 93.0 Å². The number of hydrogen-bond acceptors (Lipinski definition) is 1. The predicted octanol–water partition coefficient (Wildman–Crippen LogP) is 7.30. The summed E-state index contributed by atoms with van der Waals surface area (Å²) in [6.07, 6.45) is 1.87. The van der Waals surface area contributed by atoms with Crippen LogP contribution in [0.5, 0.6) is 0 Å². The molecule has 0 saturated carbocycles. The molecule has 0 bridgehead atoms. The molecule has 0 nitrogen and oxygen atoms in total. The Morgan fingerprint density at radius 2 is 1.59 bits per heavy atom. The van der Waals surface area contributed by atoms with Gasteiger partial charge in [0.05, 0.1) is 0 Å². The number of benzene rings is 3. The number of halogens is 2. The maximum Gasteiger partial charge on any atom is 0.0329 e. The van der Waals surface area contributed by atoms with Crippen LogP contribution in [0.2, 0.25) is 0 Å². The zero-order chi connectivity index (χ0) is 15.5. The summed E-state index contributed by atoms with van der Waals surface area (Å²) in [6, 6.07) is 19.2. The molecule has 3 heteroatoms. The summed E-state index contributed by atoms with van der Waals surface area (Å²) < 4.78 is 2.25. The molecule has 0 unspecified atom stereocenters. The van der Waals surface area contributed by atoms with Gasteiger partial charge in [0.1, 0.15) is 0 Å². The molecule has 3 aromatic carbocycles. The number of rotatable bonds is 4. The van der Waals surface area contributed by atoms with Crippen LogP contribution >= 0.6 is 43.6 Å². The Morgan fingerprint density at radius 3 is 2.27 bits per heavy atom. The maximum absolute atomic E-state index is 3.79. The summed E-state index contributed by atoms with van der Waals surface area (Å²) in [5.74, 6) is 0.946. The lowest BCUT2D eigenvalue weighted by atomic mass is 10.1. The quantitative estimate of drug-likeness (QED) is 0.389. The van der Waals surface area contributed by atoms with E-state index in [1.54, 1.807) is 0 Å². The van der Waals surface area contributed by atoms with E-state index >= 15 is 0 Å². The van der Waals surface area contributed by atoms with Gasteiger partial charge in [-0.1, -0.05) is 77.1 Å². The first-order valence-electron chi connectivity index (χ1n) is 6.90. The summed E-state index contributed by atoms with van der Waals surface area (Å²) in [5.41, 5.74) is 2.47. The second-order valence-corrected chi connectivity index (χ2v) is 7.64. The van der Waals surface area contributed by atoms with Crippen molar-refractivity contribution < 1.29 is 0 Å². The zero-order valence-corrected chi connectivity index (χ0v) is 15.8. The van der Waals surface area contributed by atoms with Gasteiger partial charge in [-0.25, -0.2) is 0 Å². The predicted molar refractivity (Wildman–Crippen MR) is 105 cm³/mol. The molecule has 0 atom stereocenters. The Labute approximate surface area is 151 Å². The molecule has 3 aromatic rings. The Bertz CT molecular complexity index is 823. The van der Waals surface area contributed by atoms with Crippen LogP contribution in [0.1, 0.15) is 11.1 Å². The number of hydrogen-bond donors (Lipinski definition) is 0. The minimum atomic E-state index is 0.946. The third-order valence-corrected chi connectivity index (χ3v) is 6.25. The maximum atomic E-state index is 3.79. The third-order valence-electron chi connectivity index (χ3n) is 3.50. The van der Waals surface area contributed by atoms with Crippen LogP contribution in [-0.4, -0.2) is 0 Å². The van der Waals surface area contributed by atoms with E-state index in [1.165, 1.54) is 21.2 Å². The van der Waals surface area contributed by atoms with Crippen LogP contribution in [-0.2, 0) is 5.75 Å². The van der Waals surface area contributed by atoms with Crippen molar-refractivity contribution in [2.75, 3.05) is 0 Å². The van der Waals surface area contributed by atoms with Gasteiger partial charge in [-0.15, -0.1) is 11.8 Å².